The molecule has 0 saturated carbocycles. The molecule has 0 atom stereocenters. The maximum absolute atomic E-state index is 13.2. The van der Waals surface area contributed by atoms with Gasteiger partial charge in [-0.05, 0) is 12.8 Å². The molecule has 1 aromatic rings. The number of halogens is 5. The Labute approximate surface area is 105 Å². The zero-order valence-electron chi connectivity index (χ0n) is 9.78. The minimum Gasteiger partial charge on any atom is -0.396 e. The minimum atomic E-state index is -2.29. The van der Waals surface area contributed by atoms with Crippen LogP contribution in [0.15, 0.2) is 0 Å². The van der Waals surface area contributed by atoms with Gasteiger partial charge < -0.3 is 5.11 Å². The van der Waals surface area contributed by atoms with E-state index in [1.807, 2.05) is 0 Å². The summed E-state index contributed by atoms with van der Waals surface area (Å²) in [5.41, 5.74) is -1.40. The van der Waals surface area contributed by atoms with Crippen molar-refractivity contribution in [3.8, 4) is 0 Å². The van der Waals surface area contributed by atoms with E-state index in [4.69, 9.17) is 5.11 Å². The largest absolute Gasteiger partial charge is 0.396 e. The van der Waals surface area contributed by atoms with Crippen LogP contribution in [0.4, 0.5) is 22.0 Å². The molecule has 7 heteroatoms. The van der Waals surface area contributed by atoms with Crippen molar-refractivity contribution in [2.45, 2.75) is 25.7 Å². The monoisotopic (exact) mass is 282 g/mol. The molecule has 1 N–H and O–H groups in total. The lowest BCUT2D eigenvalue weighted by Crippen LogP contribution is -2.12. The standard InChI is InChI=1S/C12H11F5O2/c13-8-7(6(19)4-2-1-3-5-18)9(14)11(16)12(17)10(8)15/h18H,1-5H2. The Morgan fingerprint density at radius 2 is 1.26 bits per heavy atom. The number of hydrogen-bond acceptors (Lipinski definition) is 2. The van der Waals surface area contributed by atoms with Gasteiger partial charge in [0.15, 0.2) is 29.1 Å². The second-order valence-electron chi connectivity index (χ2n) is 3.90. The molecule has 0 bridgehead atoms. The van der Waals surface area contributed by atoms with Gasteiger partial charge in [-0.3, -0.25) is 4.79 Å². The summed E-state index contributed by atoms with van der Waals surface area (Å²) in [5.74, 6) is -11.9. The van der Waals surface area contributed by atoms with E-state index >= 15 is 0 Å². The second kappa shape index (κ2) is 6.60. The summed E-state index contributed by atoms with van der Waals surface area (Å²) in [7, 11) is 0. The lowest BCUT2D eigenvalue weighted by atomic mass is 10.0. The Kier molecular flexibility index (Phi) is 5.41. The van der Waals surface area contributed by atoms with Crippen LogP contribution in [0.5, 0.6) is 0 Å². The van der Waals surface area contributed by atoms with E-state index in [-0.39, 0.29) is 19.4 Å². The molecule has 0 unspecified atom stereocenters. The third-order valence-electron chi connectivity index (χ3n) is 2.55. The van der Waals surface area contributed by atoms with Gasteiger partial charge in [0.05, 0.1) is 5.56 Å². The van der Waals surface area contributed by atoms with Crippen molar-refractivity contribution in [2.75, 3.05) is 6.61 Å². The van der Waals surface area contributed by atoms with E-state index in [0.717, 1.165) is 0 Å². The van der Waals surface area contributed by atoms with E-state index in [9.17, 15) is 26.7 Å². The highest BCUT2D eigenvalue weighted by Gasteiger charge is 2.29. The maximum atomic E-state index is 13.2. The normalized spacial score (nSPS) is 10.8. The number of carbonyl (C=O) groups excluding carboxylic acids is 1. The predicted molar refractivity (Wildman–Crippen MR) is 56.1 cm³/mol. The number of aliphatic hydroxyl groups is 1. The molecule has 0 fully saturated rings. The fraction of sp³-hybridized carbons (Fsp3) is 0.417. The van der Waals surface area contributed by atoms with Gasteiger partial charge in [-0.25, -0.2) is 22.0 Å². The molecule has 0 aliphatic carbocycles. The highest BCUT2D eigenvalue weighted by Crippen LogP contribution is 2.24. The molecular formula is C12H11F5O2. The van der Waals surface area contributed by atoms with Crippen LogP contribution in [0, 0.1) is 29.1 Å². The van der Waals surface area contributed by atoms with Crippen LogP contribution in [-0.2, 0) is 0 Å². The van der Waals surface area contributed by atoms with Crippen molar-refractivity contribution in [1.29, 1.82) is 0 Å². The van der Waals surface area contributed by atoms with Gasteiger partial charge in [-0.1, -0.05) is 6.42 Å². The third kappa shape index (κ3) is 3.28. The predicted octanol–water partition coefficient (Wildman–Crippen LogP) is 3.12. The second-order valence-corrected chi connectivity index (χ2v) is 3.90. The van der Waals surface area contributed by atoms with Crippen LogP contribution in [0.1, 0.15) is 36.0 Å². The molecule has 19 heavy (non-hydrogen) atoms. The molecule has 0 saturated heterocycles. The van der Waals surface area contributed by atoms with Crippen molar-refractivity contribution < 1.29 is 31.9 Å². The molecule has 0 aromatic heterocycles. The number of Topliss-reactive ketones (excluding diaryl/α,β-unsaturated/α-hetero) is 1. The Morgan fingerprint density at radius 3 is 1.74 bits per heavy atom. The van der Waals surface area contributed by atoms with Crippen molar-refractivity contribution in [3.05, 3.63) is 34.6 Å². The van der Waals surface area contributed by atoms with Crippen molar-refractivity contribution in [3.63, 3.8) is 0 Å². The zero-order chi connectivity index (χ0) is 14.6. The first-order chi connectivity index (χ1) is 8.91. The number of ketones is 1. The van der Waals surface area contributed by atoms with Crippen LogP contribution < -0.4 is 0 Å². The Hall–Kier alpha value is -1.50. The molecule has 1 aromatic carbocycles. The molecular weight excluding hydrogens is 271 g/mol. The Bertz CT molecular complexity index is 458. The number of hydrogen-bond donors (Lipinski definition) is 1. The van der Waals surface area contributed by atoms with E-state index in [1.165, 1.54) is 0 Å². The quantitative estimate of drug-likeness (QED) is 0.286. The summed E-state index contributed by atoms with van der Waals surface area (Å²) in [6, 6.07) is 0. The van der Waals surface area contributed by atoms with Crippen LogP contribution in [0.3, 0.4) is 0 Å². The smallest absolute Gasteiger partial charge is 0.200 e. The third-order valence-corrected chi connectivity index (χ3v) is 2.55. The van der Waals surface area contributed by atoms with E-state index in [0.29, 0.717) is 12.8 Å². The number of carbonyl (C=O) groups is 1. The lowest BCUT2D eigenvalue weighted by Gasteiger charge is -2.07. The van der Waals surface area contributed by atoms with Crippen LogP contribution in [0.2, 0.25) is 0 Å². The average Bonchev–Trinajstić information content (AvgIpc) is 2.39. The molecule has 0 amide bonds. The molecule has 0 radical (unpaired) electrons. The van der Waals surface area contributed by atoms with Gasteiger partial charge >= 0.3 is 0 Å². The SMILES string of the molecule is O=C(CCCCCO)c1c(F)c(F)c(F)c(F)c1F. The summed E-state index contributed by atoms with van der Waals surface area (Å²) in [6.45, 7) is -0.100. The summed E-state index contributed by atoms with van der Waals surface area (Å²) < 4.78 is 65.0. The molecule has 0 aliphatic rings. The van der Waals surface area contributed by atoms with Crippen LogP contribution in [-0.4, -0.2) is 17.5 Å². The fourth-order valence-corrected chi connectivity index (χ4v) is 1.55. The zero-order valence-corrected chi connectivity index (χ0v) is 9.78. The van der Waals surface area contributed by atoms with Gasteiger partial charge in [0.25, 0.3) is 0 Å². The van der Waals surface area contributed by atoms with E-state index < -0.39 is 40.4 Å². The molecule has 0 heterocycles. The van der Waals surface area contributed by atoms with E-state index in [1.54, 1.807) is 0 Å². The molecule has 1 rings (SSSR count). The van der Waals surface area contributed by atoms with Crippen LogP contribution in [0.25, 0.3) is 0 Å². The van der Waals surface area contributed by atoms with Gasteiger partial charge in [0, 0.05) is 13.0 Å². The van der Waals surface area contributed by atoms with Crippen molar-refractivity contribution in [2.24, 2.45) is 0 Å². The van der Waals surface area contributed by atoms with Gasteiger partial charge in [-0.2, -0.15) is 0 Å². The van der Waals surface area contributed by atoms with Gasteiger partial charge in [0.1, 0.15) is 0 Å². The fourth-order valence-electron chi connectivity index (χ4n) is 1.55. The molecule has 106 valence electrons. The summed E-state index contributed by atoms with van der Waals surface area (Å²) >= 11 is 0. The molecule has 0 aliphatic heterocycles. The first-order valence-electron chi connectivity index (χ1n) is 5.57. The molecule has 2 nitrogen and oxygen atoms in total. The number of unbranched alkanes of at least 4 members (excludes halogenated alkanes) is 2. The van der Waals surface area contributed by atoms with Crippen LogP contribution >= 0.6 is 0 Å². The number of aliphatic hydroxyl groups excluding tert-OH is 1. The lowest BCUT2D eigenvalue weighted by molar-refractivity contribution is 0.0967. The molecule has 0 spiro atoms. The summed E-state index contributed by atoms with van der Waals surface area (Å²) in [4.78, 5) is 11.5. The maximum Gasteiger partial charge on any atom is 0.200 e. The Morgan fingerprint density at radius 1 is 0.789 bits per heavy atom. The minimum absolute atomic E-state index is 0.100. The highest BCUT2D eigenvalue weighted by molar-refractivity contribution is 5.96. The average molecular weight is 282 g/mol. The highest BCUT2D eigenvalue weighted by atomic mass is 19.2. The van der Waals surface area contributed by atoms with Crippen molar-refractivity contribution in [1.82, 2.24) is 0 Å². The summed E-state index contributed by atoms with van der Waals surface area (Å²) in [5, 5.41) is 8.49. The van der Waals surface area contributed by atoms with Gasteiger partial charge in [-0.15, -0.1) is 0 Å². The van der Waals surface area contributed by atoms with Gasteiger partial charge in [0.2, 0.25) is 5.82 Å². The number of benzene rings is 1. The first-order valence-corrected chi connectivity index (χ1v) is 5.57. The van der Waals surface area contributed by atoms with Crippen molar-refractivity contribution >= 4 is 5.78 Å². The Balaban J connectivity index is 2.97. The topological polar surface area (TPSA) is 37.3 Å². The number of rotatable bonds is 6. The van der Waals surface area contributed by atoms with E-state index in [2.05, 4.69) is 0 Å². The first kappa shape index (κ1) is 15.6. The summed E-state index contributed by atoms with van der Waals surface area (Å²) in [6.07, 6.45) is 0.652.